The van der Waals surface area contributed by atoms with Crippen molar-refractivity contribution in [1.82, 2.24) is 5.32 Å². The van der Waals surface area contributed by atoms with Crippen LogP contribution < -0.4 is 10.1 Å². The molecule has 2 aromatic rings. The molecule has 0 bridgehead atoms. The van der Waals surface area contributed by atoms with Crippen LogP contribution >= 0.6 is 11.8 Å². The fourth-order valence-corrected chi connectivity index (χ4v) is 3.92. The van der Waals surface area contributed by atoms with Gasteiger partial charge >= 0.3 is 0 Å². The second-order valence-electron chi connectivity index (χ2n) is 6.28. The summed E-state index contributed by atoms with van der Waals surface area (Å²) in [5.41, 5.74) is 3.98. The Bertz CT molecular complexity index is 688. The molecule has 0 heterocycles. The minimum absolute atomic E-state index is 0.0475. The topological polar surface area (TPSA) is 38.3 Å². The van der Waals surface area contributed by atoms with Crippen LogP contribution in [0, 0.1) is 0 Å². The van der Waals surface area contributed by atoms with Gasteiger partial charge in [-0.2, -0.15) is 11.8 Å². The van der Waals surface area contributed by atoms with Crippen LogP contribution in [-0.2, 0) is 23.4 Å². The van der Waals surface area contributed by atoms with Crippen LogP contribution in [0.5, 0.6) is 5.75 Å². The number of ether oxygens (including phenoxy) is 1. The summed E-state index contributed by atoms with van der Waals surface area (Å²) in [6.07, 6.45) is 4.64. The highest BCUT2D eigenvalue weighted by atomic mass is 32.2. The molecule has 0 unspecified atom stereocenters. The van der Waals surface area contributed by atoms with E-state index in [1.165, 1.54) is 29.5 Å². The fourth-order valence-electron chi connectivity index (χ4n) is 3.10. The standard InChI is InChI=1S/C21H25NO2S/c23-21(22-13-14-25-16-17-7-2-1-3-8-17)15-24-20-12-6-10-18-9-4-5-11-19(18)20/h1-3,6-8,10,12H,4-5,9,11,13-16H2,(H,22,23). The Labute approximate surface area is 154 Å². The number of fused-ring (bicyclic) bond motifs is 1. The highest BCUT2D eigenvalue weighted by Gasteiger charge is 2.14. The first-order chi connectivity index (χ1) is 12.3. The minimum Gasteiger partial charge on any atom is -0.483 e. The number of nitrogens with one attached hydrogen (secondary N) is 1. The second kappa shape index (κ2) is 9.52. The Kier molecular flexibility index (Phi) is 6.80. The van der Waals surface area contributed by atoms with Gasteiger partial charge in [0.25, 0.3) is 5.91 Å². The molecule has 4 heteroatoms. The lowest BCUT2D eigenvalue weighted by Gasteiger charge is -2.19. The van der Waals surface area contributed by atoms with Crippen molar-refractivity contribution < 1.29 is 9.53 Å². The average molecular weight is 356 g/mol. The lowest BCUT2D eigenvalue weighted by Crippen LogP contribution is -2.30. The Hall–Kier alpha value is -1.94. The average Bonchev–Trinajstić information content (AvgIpc) is 2.67. The van der Waals surface area contributed by atoms with Crippen LogP contribution in [0.2, 0.25) is 0 Å². The van der Waals surface area contributed by atoms with Crippen molar-refractivity contribution in [2.75, 3.05) is 18.9 Å². The van der Waals surface area contributed by atoms with Gasteiger partial charge in [-0.05, 0) is 48.4 Å². The Balaban J connectivity index is 1.35. The lowest BCUT2D eigenvalue weighted by molar-refractivity contribution is -0.122. The van der Waals surface area contributed by atoms with Gasteiger partial charge in [-0.3, -0.25) is 4.79 Å². The molecule has 1 amide bonds. The van der Waals surface area contributed by atoms with Crippen LogP contribution in [0.4, 0.5) is 0 Å². The van der Waals surface area contributed by atoms with Crippen molar-refractivity contribution in [1.29, 1.82) is 0 Å². The van der Waals surface area contributed by atoms with E-state index in [0.717, 1.165) is 30.1 Å². The third-order valence-corrected chi connectivity index (χ3v) is 5.42. The van der Waals surface area contributed by atoms with Crippen LogP contribution in [0.15, 0.2) is 48.5 Å². The zero-order valence-electron chi connectivity index (χ0n) is 14.5. The van der Waals surface area contributed by atoms with Crippen molar-refractivity contribution >= 4 is 17.7 Å². The SMILES string of the molecule is O=C(COc1cccc2c1CCCC2)NCCSCc1ccccc1. The Morgan fingerprint density at radius 3 is 2.76 bits per heavy atom. The van der Waals surface area contributed by atoms with Crippen LogP contribution in [0.1, 0.15) is 29.5 Å². The molecule has 0 saturated heterocycles. The molecule has 25 heavy (non-hydrogen) atoms. The van der Waals surface area contributed by atoms with E-state index < -0.39 is 0 Å². The predicted octanol–water partition coefficient (Wildman–Crippen LogP) is 3.99. The number of carbonyl (C=O) groups excluding carboxylic acids is 1. The number of rotatable bonds is 8. The summed E-state index contributed by atoms with van der Waals surface area (Å²) in [7, 11) is 0. The van der Waals surface area contributed by atoms with E-state index in [4.69, 9.17) is 4.74 Å². The summed E-state index contributed by atoms with van der Waals surface area (Å²) in [5, 5.41) is 2.93. The van der Waals surface area contributed by atoms with Crippen molar-refractivity contribution in [3.05, 3.63) is 65.2 Å². The molecule has 0 aliphatic heterocycles. The van der Waals surface area contributed by atoms with E-state index in [0.29, 0.717) is 6.54 Å². The molecule has 3 rings (SSSR count). The first-order valence-electron chi connectivity index (χ1n) is 8.95. The molecule has 132 valence electrons. The van der Waals surface area contributed by atoms with Crippen molar-refractivity contribution in [3.8, 4) is 5.75 Å². The molecule has 1 N–H and O–H groups in total. The molecule has 1 aliphatic carbocycles. The van der Waals surface area contributed by atoms with Gasteiger partial charge in [0, 0.05) is 18.1 Å². The van der Waals surface area contributed by atoms with E-state index in [9.17, 15) is 4.79 Å². The van der Waals surface area contributed by atoms with Gasteiger partial charge in [0.05, 0.1) is 0 Å². The predicted molar refractivity (Wildman–Crippen MR) is 104 cm³/mol. The zero-order chi connectivity index (χ0) is 17.3. The highest BCUT2D eigenvalue weighted by molar-refractivity contribution is 7.98. The van der Waals surface area contributed by atoms with E-state index in [1.807, 2.05) is 30.0 Å². The van der Waals surface area contributed by atoms with Crippen LogP contribution in [0.25, 0.3) is 0 Å². The van der Waals surface area contributed by atoms with Gasteiger partial charge in [-0.1, -0.05) is 42.5 Å². The van der Waals surface area contributed by atoms with Crippen LogP contribution in [0.3, 0.4) is 0 Å². The van der Waals surface area contributed by atoms with Gasteiger partial charge < -0.3 is 10.1 Å². The van der Waals surface area contributed by atoms with E-state index in [1.54, 1.807) is 0 Å². The van der Waals surface area contributed by atoms with E-state index in [2.05, 4.69) is 35.6 Å². The summed E-state index contributed by atoms with van der Waals surface area (Å²) in [4.78, 5) is 12.0. The molecule has 0 aromatic heterocycles. The zero-order valence-corrected chi connectivity index (χ0v) is 15.3. The van der Waals surface area contributed by atoms with Crippen LogP contribution in [-0.4, -0.2) is 24.8 Å². The number of amides is 1. The van der Waals surface area contributed by atoms with Crippen molar-refractivity contribution in [3.63, 3.8) is 0 Å². The number of hydrogen-bond acceptors (Lipinski definition) is 3. The third kappa shape index (κ3) is 5.53. The monoisotopic (exact) mass is 355 g/mol. The molecular weight excluding hydrogens is 330 g/mol. The molecule has 0 atom stereocenters. The number of aryl methyl sites for hydroxylation is 1. The lowest BCUT2D eigenvalue weighted by atomic mass is 9.91. The molecule has 0 spiro atoms. The third-order valence-electron chi connectivity index (χ3n) is 4.39. The molecule has 0 fully saturated rings. The summed E-state index contributed by atoms with van der Waals surface area (Å²) < 4.78 is 5.77. The van der Waals surface area contributed by atoms with Crippen molar-refractivity contribution in [2.45, 2.75) is 31.4 Å². The molecule has 0 radical (unpaired) electrons. The van der Waals surface area contributed by atoms with Gasteiger partial charge in [-0.15, -0.1) is 0 Å². The largest absolute Gasteiger partial charge is 0.483 e. The van der Waals surface area contributed by atoms with E-state index in [-0.39, 0.29) is 12.5 Å². The van der Waals surface area contributed by atoms with Crippen molar-refractivity contribution in [2.24, 2.45) is 0 Å². The molecule has 0 saturated carbocycles. The quantitative estimate of drug-likeness (QED) is 0.728. The maximum Gasteiger partial charge on any atom is 0.257 e. The summed E-state index contributed by atoms with van der Waals surface area (Å²) in [6.45, 7) is 0.770. The first-order valence-corrected chi connectivity index (χ1v) is 10.1. The van der Waals surface area contributed by atoms with Gasteiger partial charge in [0.1, 0.15) is 5.75 Å². The highest BCUT2D eigenvalue weighted by Crippen LogP contribution is 2.29. The van der Waals surface area contributed by atoms with Gasteiger partial charge in [0.2, 0.25) is 0 Å². The molecular formula is C21H25NO2S. The molecule has 1 aliphatic rings. The normalized spacial score (nSPS) is 13.1. The summed E-state index contributed by atoms with van der Waals surface area (Å²) >= 11 is 1.83. The fraction of sp³-hybridized carbons (Fsp3) is 0.381. The second-order valence-corrected chi connectivity index (χ2v) is 7.38. The van der Waals surface area contributed by atoms with E-state index >= 15 is 0 Å². The summed E-state index contributed by atoms with van der Waals surface area (Å²) in [6, 6.07) is 16.6. The minimum atomic E-state index is -0.0475. The maximum atomic E-state index is 12.0. The van der Waals surface area contributed by atoms with Gasteiger partial charge in [0.15, 0.2) is 6.61 Å². The smallest absolute Gasteiger partial charge is 0.257 e. The maximum absolute atomic E-state index is 12.0. The molecule has 2 aromatic carbocycles. The summed E-state index contributed by atoms with van der Waals surface area (Å²) in [5.74, 6) is 2.71. The van der Waals surface area contributed by atoms with Gasteiger partial charge in [-0.25, -0.2) is 0 Å². The number of thioether (sulfide) groups is 1. The number of carbonyl (C=O) groups is 1. The number of hydrogen-bond donors (Lipinski definition) is 1. The Morgan fingerprint density at radius 2 is 1.88 bits per heavy atom. The molecule has 3 nitrogen and oxygen atoms in total. The number of benzene rings is 2. The first kappa shape index (κ1) is 17.9. The Morgan fingerprint density at radius 1 is 1.04 bits per heavy atom.